The third-order valence-electron chi connectivity index (χ3n) is 2.89. The molecule has 1 aromatic carbocycles. The third kappa shape index (κ3) is 3.23. The first-order valence-electron chi connectivity index (χ1n) is 6.15. The summed E-state index contributed by atoms with van der Waals surface area (Å²) in [6.07, 6.45) is 1.36. The van der Waals surface area contributed by atoms with Crippen LogP contribution in [0.5, 0.6) is 0 Å². The Bertz CT molecular complexity index is 707. The molecule has 0 aliphatic rings. The summed E-state index contributed by atoms with van der Waals surface area (Å²) < 4.78 is 1.25. The number of aryl methyl sites for hydroxylation is 2. The molecule has 0 bridgehead atoms. The molecule has 0 spiro atoms. The molecule has 0 aliphatic carbocycles. The number of anilines is 2. The first-order chi connectivity index (χ1) is 9.45. The Labute approximate surface area is 116 Å². The standard InChI is InChI=1S/C14H16N4O2/c1-9-3-4-11(6-12(9)15)17-13(19)7-18-8-16-10(2)5-14(18)20/h3-6,8H,7,15H2,1-2H3,(H,17,19). The first kappa shape index (κ1) is 13.8. The van der Waals surface area contributed by atoms with Crippen molar-refractivity contribution < 1.29 is 4.79 Å². The Morgan fingerprint density at radius 2 is 2.10 bits per heavy atom. The summed E-state index contributed by atoms with van der Waals surface area (Å²) >= 11 is 0. The molecule has 1 heterocycles. The van der Waals surface area contributed by atoms with Crippen molar-refractivity contribution >= 4 is 17.3 Å². The fraction of sp³-hybridized carbons (Fsp3) is 0.214. The smallest absolute Gasteiger partial charge is 0.253 e. The van der Waals surface area contributed by atoms with Crippen LogP contribution in [0.1, 0.15) is 11.3 Å². The molecule has 0 atom stereocenters. The van der Waals surface area contributed by atoms with Crippen molar-refractivity contribution in [2.75, 3.05) is 11.1 Å². The fourth-order valence-corrected chi connectivity index (χ4v) is 1.71. The molecule has 3 N–H and O–H groups in total. The van der Waals surface area contributed by atoms with Crippen molar-refractivity contribution in [3.63, 3.8) is 0 Å². The summed E-state index contributed by atoms with van der Waals surface area (Å²) in [4.78, 5) is 27.5. The molecule has 0 radical (unpaired) electrons. The monoisotopic (exact) mass is 272 g/mol. The van der Waals surface area contributed by atoms with Gasteiger partial charge in [-0.3, -0.25) is 14.2 Å². The highest BCUT2D eigenvalue weighted by atomic mass is 16.2. The summed E-state index contributed by atoms with van der Waals surface area (Å²) in [5, 5.41) is 2.69. The highest BCUT2D eigenvalue weighted by molar-refractivity contribution is 5.91. The zero-order chi connectivity index (χ0) is 14.7. The molecule has 0 saturated heterocycles. The lowest BCUT2D eigenvalue weighted by atomic mass is 10.2. The molecule has 0 unspecified atom stereocenters. The van der Waals surface area contributed by atoms with Gasteiger partial charge in [-0.25, -0.2) is 4.98 Å². The van der Waals surface area contributed by atoms with Gasteiger partial charge in [0.05, 0.1) is 6.33 Å². The molecule has 104 valence electrons. The van der Waals surface area contributed by atoms with Crippen LogP contribution in [0.3, 0.4) is 0 Å². The minimum absolute atomic E-state index is 0.0834. The van der Waals surface area contributed by atoms with E-state index in [4.69, 9.17) is 5.73 Å². The van der Waals surface area contributed by atoms with Gasteiger partial charge in [0.25, 0.3) is 5.56 Å². The van der Waals surface area contributed by atoms with Crippen LogP contribution in [-0.4, -0.2) is 15.5 Å². The molecule has 1 amide bonds. The Balaban J connectivity index is 2.09. The van der Waals surface area contributed by atoms with Crippen molar-refractivity contribution in [3.05, 3.63) is 52.2 Å². The normalized spacial score (nSPS) is 10.3. The predicted octanol–water partition coefficient (Wildman–Crippen LogP) is 1.08. The maximum absolute atomic E-state index is 11.9. The number of carbonyl (C=O) groups excluding carboxylic acids is 1. The number of carbonyl (C=O) groups is 1. The van der Waals surface area contributed by atoms with Crippen LogP contribution < -0.4 is 16.6 Å². The van der Waals surface area contributed by atoms with Gasteiger partial charge in [0.15, 0.2) is 0 Å². The molecule has 2 aromatic rings. The van der Waals surface area contributed by atoms with E-state index >= 15 is 0 Å². The van der Waals surface area contributed by atoms with Crippen molar-refractivity contribution in [1.82, 2.24) is 9.55 Å². The van der Waals surface area contributed by atoms with E-state index in [2.05, 4.69) is 10.3 Å². The average Bonchev–Trinajstić information content (AvgIpc) is 2.37. The van der Waals surface area contributed by atoms with Crippen LogP contribution in [0.4, 0.5) is 11.4 Å². The fourth-order valence-electron chi connectivity index (χ4n) is 1.71. The van der Waals surface area contributed by atoms with Gasteiger partial charge in [-0.1, -0.05) is 6.07 Å². The number of nitrogens with two attached hydrogens (primary N) is 1. The van der Waals surface area contributed by atoms with E-state index in [-0.39, 0.29) is 18.0 Å². The number of rotatable bonds is 3. The second-order valence-electron chi connectivity index (χ2n) is 4.62. The summed E-state index contributed by atoms with van der Waals surface area (Å²) in [6, 6.07) is 6.66. The number of hydrogen-bond acceptors (Lipinski definition) is 4. The van der Waals surface area contributed by atoms with E-state index in [0.717, 1.165) is 5.56 Å². The zero-order valence-electron chi connectivity index (χ0n) is 11.4. The van der Waals surface area contributed by atoms with Gasteiger partial charge in [-0.05, 0) is 31.5 Å². The second-order valence-corrected chi connectivity index (χ2v) is 4.62. The molecule has 2 rings (SSSR count). The molecule has 1 aromatic heterocycles. The van der Waals surface area contributed by atoms with Crippen LogP contribution in [0.25, 0.3) is 0 Å². The minimum atomic E-state index is -0.305. The van der Waals surface area contributed by atoms with Crippen LogP contribution >= 0.6 is 0 Å². The van der Waals surface area contributed by atoms with Gasteiger partial charge in [0.1, 0.15) is 6.54 Å². The Kier molecular flexibility index (Phi) is 3.84. The topological polar surface area (TPSA) is 90.0 Å². The van der Waals surface area contributed by atoms with E-state index in [9.17, 15) is 9.59 Å². The number of nitrogen functional groups attached to an aromatic ring is 1. The molecule has 0 saturated carbocycles. The van der Waals surface area contributed by atoms with E-state index in [0.29, 0.717) is 17.1 Å². The lowest BCUT2D eigenvalue weighted by Gasteiger charge is -2.08. The summed E-state index contributed by atoms with van der Waals surface area (Å²) in [6.45, 7) is 3.53. The van der Waals surface area contributed by atoms with Crippen LogP contribution in [-0.2, 0) is 11.3 Å². The van der Waals surface area contributed by atoms with Crippen molar-refractivity contribution in [2.24, 2.45) is 0 Å². The van der Waals surface area contributed by atoms with Crippen LogP contribution in [0.2, 0.25) is 0 Å². The van der Waals surface area contributed by atoms with Gasteiger partial charge in [0, 0.05) is 23.1 Å². The number of aromatic nitrogens is 2. The molecular weight excluding hydrogens is 256 g/mol. The number of nitrogens with zero attached hydrogens (tertiary/aromatic N) is 2. The maximum Gasteiger partial charge on any atom is 0.253 e. The maximum atomic E-state index is 11.9. The highest BCUT2D eigenvalue weighted by Crippen LogP contribution is 2.16. The molecule has 6 nitrogen and oxygen atoms in total. The molecular formula is C14H16N4O2. The average molecular weight is 272 g/mol. The second kappa shape index (κ2) is 5.56. The third-order valence-corrected chi connectivity index (χ3v) is 2.89. The van der Waals surface area contributed by atoms with E-state index in [1.807, 2.05) is 13.0 Å². The summed E-state index contributed by atoms with van der Waals surface area (Å²) in [5.41, 5.74) is 8.30. The SMILES string of the molecule is Cc1cc(=O)n(CC(=O)Nc2ccc(C)c(N)c2)cn1. The lowest BCUT2D eigenvalue weighted by Crippen LogP contribution is -2.27. The van der Waals surface area contributed by atoms with Gasteiger partial charge in [-0.2, -0.15) is 0 Å². The van der Waals surface area contributed by atoms with E-state index in [1.54, 1.807) is 19.1 Å². The van der Waals surface area contributed by atoms with Gasteiger partial charge < -0.3 is 11.1 Å². The van der Waals surface area contributed by atoms with Gasteiger partial charge in [0.2, 0.25) is 5.91 Å². The summed E-state index contributed by atoms with van der Waals surface area (Å²) in [5.74, 6) is -0.305. The number of nitrogens with one attached hydrogen (secondary N) is 1. The van der Waals surface area contributed by atoms with E-state index < -0.39 is 0 Å². The van der Waals surface area contributed by atoms with Gasteiger partial charge >= 0.3 is 0 Å². The summed E-state index contributed by atoms with van der Waals surface area (Å²) in [7, 11) is 0. The minimum Gasteiger partial charge on any atom is -0.398 e. The number of amides is 1. The van der Waals surface area contributed by atoms with E-state index in [1.165, 1.54) is 17.0 Å². The van der Waals surface area contributed by atoms with Crippen molar-refractivity contribution in [3.8, 4) is 0 Å². The highest BCUT2D eigenvalue weighted by Gasteiger charge is 2.06. The van der Waals surface area contributed by atoms with Crippen molar-refractivity contribution in [1.29, 1.82) is 0 Å². The lowest BCUT2D eigenvalue weighted by molar-refractivity contribution is -0.116. The largest absolute Gasteiger partial charge is 0.398 e. The molecule has 20 heavy (non-hydrogen) atoms. The quantitative estimate of drug-likeness (QED) is 0.818. The zero-order valence-corrected chi connectivity index (χ0v) is 11.4. The Morgan fingerprint density at radius 1 is 1.35 bits per heavy atom. The molecule has 6 heteroatoms. The number of hydrogen-bond donors (Lipinski definition) is 2. The first-order valence-corrected chi connectivity index (χ1v) is 6.15. The Hall–Kier alpha value is -2.63. The number of benzene rings is 1. The predicted molar refractivity (Wildman–Crippen MR) is 77.5 cm³/mol. The van der Waals surface area contributed by atoms with Crippen LogP contribution in [0.15, 0.2) is 35.4 Å². The molecule has 0 fully saturated rings. The van der Waals surface area contributed by atoms with Crippen molar-refractivity contribution in [2.45, 2.75) is 20.4 Å². The molecule has 0 aliphatic heterocycles. The van der Waals surface area contributed by atoms with Crippen LogP contribution in [0, 0.1) is 13.8 Å². The Morgan fingerprint density at radius 3 is 2.75 bits per heavy atom. The van der Waals surface area contributed by atoms with Gasteiger partial charge in [-0.15, -0.1) is 0 Å².